The van der Waals surface area contributed by atoms with Gasteiger partial charge in [-0.15, -0.1) is 0 Å². The van der Waals surface area contributed by atoms with E-state index in [1.807, 2.05) is 12.1 Å². The van der Waals surface area contributed by atoms with Crippen molar-refractivity contribution in [3.05, 3.63) is 29.8 Å². The third kappa shape index (κ3) is 7.72. The van der Waals surface area contributed by atoms with E-state index in [4.69, 9.17) is 23.7 Å². The fraction of sp³-hybridized carbons (Fsp3) is 0.583. The molecular formula is C24H33NO9. The van der Waals surface area contributed by atoms with Gasteiger partial charge >= 0.3 is 17.9 Å². The van der Waals surface area contributed by atoms with Gasteiger partial charge in [0.1, 0.15) is 24.5 Å². The van der Waals surface area contributed by atoms with E-state index >= 15 is 0 Å². The summed E-state index contributed by atoms with van der Waals surface area (Å²) < 4.78 is 27.9. The Balaban J connectivity index is 2.43. The summed E-state index contributed by atoms with van der Waals surface area (Å²) in [6.45, 7) is 10.8. The van der Waals surface area contributed by atoms with E-state index in [1.54, 1.807) is 12.1 Å². The number of nitrogens with one attached hydrogen (secondary N) is 1. The number of benzene rings is 1. The quantitative estimate of drug-likeness (QED) is 0.462. The maximum absolute atomic E-state index is 12.0. The summed E-state index contributed by atoms with van der Waals surface area (Å²) in [6, 6.07) is 6.31. The maximum Gasteiger partial charge on any atom is 0.303 e. The molecule has 34 heavy (non-hydrogen) atoms. The molecule has 0 aromatic heterocycles. The van der Waals surface area contributed by atoms with Gasteiger partial charge in [0.15, 0.2) is 12.2 Å². The molecule has 1 aliphatic heterocycles. The monoisotopic (exact) mass is 479 g/mol. The molecule has 0 unspecified atom stereocenters. The van der Waals surface area contributed by atoms with Crippen molar-refractivity contribution in [3.63, 3.8) is 0 Å². The van der Waals surface area contributed by atoms with Gasteiger partial charge in [-0.2, -0.15) is 0 Å². The molecule has 1 fully saturated rings. The minimum Gasteiger partial charge on any atom is -0.463 e. The van der Waals surface area contributed by atoms with Crippen LogP contribution in [0.5, 0.6) is 5.75 Å². The van der Waals surface area contributed by atoms with Gasteiger partial charge in [-0.3, -0.25) is 19.2 Å². The highest BCUT2D eigenvalue weighted by molar-refractivity contribution is 5.73. The number of hydrogen-bond donors (Lipinski definition) is 1. The first kappa shape index (κ1) is 27.1. The summed E-state index contributed by atoms with van der Waals surface area (Å²) in [6.07, 6.45) is -4.51. The molecule has 1 aromatic rings. The Morgan fingerprint density at radius 2 is 1.44 bits per heavy atom. The van der Waals surface area contributed by atoms with E-state index in [0.29, 0.717) is 5.75 Å². The van der Waals surface area contributed by atoms with Gasteiger partial charge in [0.05, 0.1) is 0 Å². The Labute approximate surface area is 199 Å². The minimum absolute atomic E-state index is 0.0641. The summed E-state index contributed by atoms with van der Waals surface area (Å²) in [5, 5.41) is 2.67. The number of amides is 1. The van der Waals surface area contributed by atoms with Crippen LogP contribution in [0.15, 0.2) is 24.3 Å². The molecule has 2 rings (SSSR count). The molecule has 0 aliphatic carbocycles. The SMILES string of the molecule is CC(=O)N[C@@H]1[C@H](Oc2ccc(C(C)(C)C)cc2)O[C@H](COC(C)=O)[C@@H](OC(C)=O)[C@H]1OC(C)=O. The van der Waals surface area contributed by atoms with Crippen LogP contribution < -0.4 is 10.1 Å². The lowest BCUT2D eigenvalue weighted by Crippen LogP contribution is -2.67. The third-order valence-electron chi connectivity index (χ3n) is 5.04. The summed E-state index contributed by atoms with van der Waals surface area (Å²) in [4.78, 5) is 47.1. The van der Waals surface area contributed by atoms with Gasteiger partial charge in [-0.1, -0.05) is 32.9 Å². The van der Waals surface area contributed by atoms with Crippen LogP contribution in [0.4, 0.5) is 0 Å². The minimum atomic E-state index is -1.17. The molecule has 1 aliphatic rings. The van der Waals surface area contributed by atoms with E-state index in [9.17, 15) is 19.2 Å². The molecule has 5 atom stereocenters. The van der Waals surface area contributed by atoms with Crippen molar-refractivity contribution in [3.8, 4) is 5.75 Å². The zero-order valence-electron chi connectivity index (χ0n) is 20.6. The predicted octanol–water partition coefficient (Wildman–Crippen LogP) is 2.02. The first-order valence-electron chi connectivity index (χ1n) is 11.0. The van der Waals surface area contributed by atoms with Crippen molar-refractivity contribution < 1.29 is 42.9 Å². The highest BCUT2D eigenvalue weighted by atomic mass is 16.7. The van der Waals surface area contributed by atoms with Crippen LogP contribution in [0.3, 0.4) is 0 Å². The molecule has 10 nitrogen and oxygen atoms in total. The highest BCUT2D eigenvalue weighted by Crippen LogP contribution is 2.30. The second-order valence-corrected chi connectivity index (χ2v) is 9.11. The van der Waals surface area contributed by atoms with Gasteiger partial charge in [0.25, 0.3) is 0 Å². The first-order valence-corrected chi connectivity index (χ1v) is 11.0. The smallest absolute Gasteiger partial charge is 0.303 e. The Morgan fingerprint density at radius 3 is 1.91 bits per heavy atom. The van der Waals surface area contributed by atoms with Crippen molar-refractivity contribution in [2.24, 2.45) is 0 Å². The second-order valence-electron chi connectivity index (χ2n) is 9.11. The number of carbonyl (C=O) groups excluding carboxylic acids is 4. The Morgan fingerprint density at radius 1 is 0.882 bits per heavy atom. The summed E-state index contributed by atoms with van der Waals surface area (Å²) >= 11 is 0. The maximum atomic E-state index is 12.0. The number of rotatable bonds is 7. The molecule has 188 valence electrons. The lowest BCUT2D eigenvalue weighted by molar-refractivity contribution is -0.257. The van der Waals surface area contributed by atoms with Crippen molar-refractivity contribution in [1.82, 2.24) is 5.32 Å². The van der Waals surface area contributed by atoms with Gasteiger partial charge in [-0.25, -0.2) is 0 Å². The van der Waals surface area contributed by atoms with Gasteiger partial charge < -0.3 is 29.0 Å². The summed E-state index contributed by atoms with van der Waals surface area (Å²) in [7, 11) is 0. The molecule has 10 heteroatoms. The standard InChI is InChI=1S/C24H33NO9/c1-13(26)25-20-22(32-16(4)29)21(31-15(3)28)19(12-30-14(2)27)34-23(20)33-18-10-8-17(9-11-18)24(5,6)7/h8-11,19-23H,12H2,1-7H3,(H,25,26)/t19-,20+,21-,22+,23-/m1/s1. The Hall–Kier alpha value is -3.14. The second kappa shape index (κ2) is 11.3. The summed E-state index contributed by atoms with van der Waals surface area (Å²) in [5.74, 6) is -1.92. The number of ether oxygens (including phenoxy) is 5. The molecule has 0 spiro atoms. The van der Waals surface area contributed by atoms with Crippen molar-refractivity contribution >= 4 is 23.8 Å². The van der Waals surface area contributed by atoms with Crippen LogP contribution in [0.1, 0.15) is 54.0 Å². The molecule has 1 aromatic carbocycles. The molecule has 0 radical (unpaired) electrons. The van der Waals surface area contributed by atoms with E-state index in [0.717, 1.165) is 5.56 Å². The molecule has 1 heterocycles. The molecule has 1 amide bonds. The fourth-order valence-corrected chi connectivity index (χ4v) is 3.56. The predicted molar refractivity (Wildman–Crippen MR) is 120 cm³/mol. The fourth-order valence-electron chi connectivity index (χ4n) is 3.56. The van der Waals surface area contributed by atoms with Gasteiger partial charge in [0, 0.05) is 27.7 Å². The molecule has 1 N–H and O–H groups in total. The van der Waals surface area contributed by atoms with Gasteiger partial charge in [-0.05, 0) is 23.1 Å². The topological polar surface area (TPSA) is 126 Å². The van der Waals surface area contributed by atoms with Crippen LogP contribution in [0.2, 0.25) is 0 Å². The summed E-state index contributed by atoms with van der Waals surface area (Å²) in [5.41, 5.74) is 1.02. The van der Waals surface area contributed by atoms with Crippen LogP contribution in [-0.2, 0) is 43.5 Å². The molecule has 0 saturated carbocycles. The van der Waals surface area contributed by atoms with E-state index < -0.39 is 54.5 Å². The zero-order valence-corrected chi connectivity index (χ0v) is 20.6. The molecular weight excluding hydrogens is 446 g/mol. The lowest BCUT2D eigenvalue weighted by atomic mass is 9.87. The normalized spacial score (nSPS) is 24.5. The largest absolute Gasteiger partial charge is 0.463 e. The van der Waals surface area contributed by atoms with Crippen LogP contribution in [-0.4, -0.2) is 61.1 Å². The first-order chi connectivity index (χ1) is 15.8. The number of hydrogen-bond acceptors (Lipinski definition) is 9. The Kier molecular flexibility index (Phi) is 9.03. The van der Waals surface area contributed by atoms with E-state index in [1.165, 1.54) is 27.7 Å². The zero-order chi connectivity index (χ0) is 25.6. The average Bonchev–Trinajstić information content (AvgIpc) is 2.69. The van der Waals surface area contributed by atoms with Crippen molar-refractivity contribution in [1.29, 1.82) is 0 Å². The third-order valence-corrected chi connectivity index (χ3v) is 5.04. The van der Waals surface area contributed by atoms with Crippen LogP contribution >= 0.6 is 0 Å². The average molecular weight is 480 g/mol. The number of carbonyl (C=O) groups is 4. The molecule has 0 bridgehead atoms. The van der Waals surface area contributed by atoms with Crippen LogP contribution in [0, 0.1) is 0 Å². The lowest BCUT2D eigenvalue weighted by Gasteiger charge is -2.44. The number of esters is 3. The van der Waals surface area contributed by atoms with Crippen molar-refractivity contribution in [2.45, 2.75) is 84.5 Å². The van der Waals surface area contributed by atoms with E-state index in [-0.39, 0.29) is 12.0 Å². The van der Waals surface area contributed by atoms with E-state index in [2.05, 4.69) is 26.1 Å². The van der Waals surface area contributed by atoms with Crippen molar-refractivity contribution in [2.75, 3.05) is 6.61 Å². The molecule has 1 saturated heterocycles. The van der Waals surface area contributed by atoms with Crippen LogP contribution in [0.25, 0.3) is 0 Å². The van der Waals surface area contributed by atoms with Gasteiger partial charge in [0.2, 0.25) is 12.2 Å². The Bertz CT molecular complexity index is 891. The highest BCUT2D eigenvalue weighted by Gasteiger charge is 2.51.